The zero-order chi connectivity index (χ0) is 24.0. The van der Waals surface area contributed by atoms with Crippen LogP contribution >= 0.6 is 23.2 Å². The van der Waals surface area contributed by atoms with Crippen molar-refractivity contribution in [3.8, 4) is 0 Å². The summed E-state index contributed by atoms with van der Waals surface area (Å²) in [5.74, 6) is 0.384. The Labute approximate surface area is 202 Å². The van der Waals surface area contributed by atoms with Gasteiger partial charge in [0.15, 0.2) is 0 Å². The number of halogens is 5. The Morgan fingerprint density at radius 2 is 1.85 bits per heavy atom. The summed E-state index contributed by atoms with van der Waals surface area (Å²) in [6, 6.07) is 8.39. The molecule has 0 unspecified atom stereocenters. The molecule has 1 aliphatic heterocycles. The number of likely N-dealkylation sites (tertiary alicyclic amines) is 1. The van der Waals surface area contributed by atoms with Crippen LogP contribution in [-0.2, 0) is 17.4 Å². The molecule has 1 N–H and O–H groups in total. The number of piperidine rings is 1. The molecule has 1 amide bonds. The lowest BCUT2D eigenvalue weighted by Crippen LogP contribution is -2.33. The molecule has 1 aliphatic rings. The van der Waals surface area contributed by atoms with Gasteiger partial charge in [-0.05, 0) is 92.7 Å². The van der Waals surface area contributed by atoms with Gasteiger partial charge in [0.1, 0.15) is 0 Å². The maximum absolute atomic E-state index is 12.7. The largest absolute Gasteiger partial charge is 0.416 e. The fourth-order valence-corrected chi connectivity index (χ4v) is 4.31. The minimum absolute atomic E-state index is 0.0830. The van der Waals surface area contributed by atoms with Crippen LogP contribution in [0.1, 0.15) is 42.9 Å². The first-order chi connectivity index (χ1) is 15.6. The summed E-state index contributed by atoms with van der Waals surface area (Å²) in [4.78, 5) is 14.7. The quantitative estimate of drug-likeness (QED) is 0.405. The van der Waals surface area contributed by atoms with Gasteiger partial charge in [-0.25, -0.2) is 0 Å². The van der Waals surface area contributed by atoms with Crippen molar-refractivity contribution in [3.05, 3.63) is 69.2 Å². The van der Waals surface area contributed by atoms with Gasteiger partial charge in [0, 0.05) is 21.8 Å². The lowest BCUT2D eigenvalue weighted by atomic mass is 9.99. The Kier molecular flexibility index (Phi) is 8.85. The standard InChI is InChI=1S/C25H27Cl2F3N2O/c1-17-10-13-32(14-11-17)12-2-3-18-5-8-21(16-23(18)27)31-24(33)9-6-19-4-7-20(15-22(19)26)25(28,29)30/h4-9,15-17H,2-3,10-14H2,1H3,(H,31,33)/b9-6+. The lowest BCUT2D eigenvalue weighted by Gasteiger charge is -2.30. The molecule has 0 radical (unpaired) electrons. The van der Waals surface area contributed by atoms with E-state index in [-0.39, 0.29) is 5.02 Å². The van der Waals surface area contributed by atoms with Crippen molar-refractivity contribution in [2.45, 2.75) is 38.8 Å². The SMILES string of the molecule is CC1CCN(CCCc2ccc(NC(=O)/C=C/c3ccc(C(F)(F)F)cc3Cl)cc2Cl)CC1. The first-order valence-electron chi connectivity index (χ1n) is 11.0. The van der Waals surface area contributed by atoms with Gasteiger partial charge < -0.3 is 10.2 Å². The second kappa shape index (κ2) is 11.4. The van der Waals surface area contributed by atoms with E-state index >= 15 is 0 Å². The second-order valence-corrected chi connectivity index (χ2v) is 9.30. The molecule has 3 rings (SSSR count). The first-order valence-corrected chi connectivity index (χ1v) is 11.7. The van der Waals surface area contributed by atoms with Crippen LogP contribution in [-0.4, -0.2) is 30.4 Å². The van der Waals surface area contributed by atoms with Crippen LogP contribution in [0.3, 0.4) is 0 Å². The third kappa shape index (κ3) is 7.76. The number of rotatable bonds is 7. The number of hydrogen-bond donors (Lipinski definition) is 1. The molecule has 0 aliphatic carbocycles. The maximum atomic E-state index is 12.7. The van der Waals surface area contributed by atoms with Crippen LogP contribution in [0.15, 0.2) is 42.5 Å². The zero-order valence-corrected chi connectivity index (χ0v) is 19.9. The minimum Gasteiger partial charge on any atom is -0.322 e. The average Bonchev–Trinajstić information content (AvgIpc) is 2.75. The van der Waals surface area contributed by atoms with Gasteiger partial charge in [0.25, 0.3) is 0 Å². The molecular weight excluding hydrogens is 472 g/mol. The van der Waals surface area contributed by atoms with Gasteiger partial charge >= 0.3 is 6.18 Å². The van der Waals surface area contributed by atoms with E-state index in [2.05, 4.69) is 17.1 Å². The fraction of sp³-hybridized carbons (Fsp3) is 0.400. The molecule has 0 aromatic heterocycles. The van der Waals surface area contributed by atoms with Crippen molar-refractivity contribution >= 4 is 40.9 Å². The molecule has 2 aromatic carbocycles. The Bertz CT molecular complexity index is 1000. The molecule has 0 spiro atoms. The van der Waals surface area contributed by atoms with E-state index in [1.807, 2.05) is 6.07 Å². The molecule has 0 atom stereocenters. The smallest absolute Gasteiger partial charge is 0.322 e. The lowest BCUT2D eigenvalue weighted by molar-refractivity contribution is -0.137. The summed E-state index contributed by atoms with van der Waals surface area (Å²) < 4.78 is 38.2. The molecule has 3 nitrogen and oxygen atoms in total. The Morgan fingerprint density at radius 1 is 1.12 bits per heavy atom. The topological polar surface area (TPSA) is 32.3 Å². The molecule has 178 valence electrons. The summed E-state index contributed by atoms with van der Waals surface area (Å²) in [7, 11) is 0. The van der Waals surface area contributed by atoms with Crippen molar-refractivity contribution < 1.29 is 18.0 Å². The van der Waals surface area contributed by atoms with E-state index in [1.165, 1.54) is 31.1 Å². The molecule has 1 fully saturated rings. The molecule has 0 saturated carbocycles. The maximum Gasteiger partial charge on any atom is 0.416 e. The predicted octanol–water partition coefficient (Wildman–Crippen LogP) is 7.33. The van der Waals surface area contributed by atoms with E-state index in [0.717, 1.165) is 56.1 Å². The van der Waals surface area contributed by atoms with Crippen LogP contribution in [0.25, 0.3) is 6.08 Å². The second-order valence-electron chi connectivity index (χ2n) is 8.49. The number of hydrogen-bond acceptors (Lipinski definition) is 2. The van der Waals surface area contributed by atoms with Gasteiger partial charge in [-0.1, -0.05) is 42.3 Å². The Hall–Kier alpha value is -2.02. The number of aryl methyl sites for hydroxylation is 1. The molecule has 1 heterocycles. The van der Waals surface area contributed by atoms with E-state index < -0.39 is 17.6 Å². The highest BCUT2D eigenvalue weighted by molar-refractivity contribution is 6.32. The van der Waals surface area contributed by atoms with Gasteiger partial charge in [0.2, 0.25) is 5.91 Å². The summed E-state index contributed by atoms with van der Waals surface area (Å²) >= 11 is 12.3. The van der Waals surface area contributed by atoms with Crippen LogP contribution in [0, 0.1) is 5.92 Å². The van der Waals surface area contributed by atoms with Crippen LogP contribution in [0.4, 0.5) is 18.9 Å². The van der Waals surface area contributed by atoms with E-state index in [1.54, 1.807) is 12.1 Å². The summed E-state index contributed by atoms with van der Waals surface area (Å²) in [6.07, 6.45) is 2.52. The third-order valence-corrected chi connectivity index (χ3v) is 6.54. The van der Waals surface area contributed by atoms with Crippen molar-refractivity contribution in [1.29, 1.82) is 0 Å². The number of nitrogens with one attached hydrogen (secondary N) is 1. The average molecular weight is 499 g/mol. The summed E-state index contributed by atoms with van der Waals surface area (Å²) in [5.41, 5.74) is 1.06. The van der Waals surface area contributed by atoms with Crippen molar-refractivity contribution in [1.82, 2.24) is 4.90 Å². The number of anilines is 1. The van der Waals surface area contributed by atoms with E-state index in [9.17, 15) is 18.0 Å². The van der Waals surface area contributed by atoms with Gasteiger partial charge in [-0.15, -0.1) is 0 Å². The highest BCUT2D eigenvalue weighted by Gasteiger charge is 2.30. The van der Waals surface area contributed by atoms with Crippen molar-refractivity contribution in [2.24, 2.45) is 5.92 Å². The predicted molar refractivity (Wildman–Crippen MR) is 129 cm³/mol. The number of carbonyl (C=O) groups is 1. The zero-order valence-electron chi connectivity index (χ0n) is 18.4. The highest BCUT2D eigenvalue weighted by atomic mass is 35.5. The Morgan fingerprint density at radius 3 is 2.48 bits per heavy atom. The first kappa shape index (κ1) is 25.6. The van der Waals surface area contributed by atoms with Crippen molar-refractivity contribution in [3.63, 3.8) is 0 Å². The molecule has 0 bridgehead atoms. The van der Waals surface area contributed by atoms with Gasteiger partial charge in [-0.3, -0.25) is 4.79 Å². The monoisotopic (exact) mass is 498 g/mol. The molecule has 33 heavy (non-hydrogen) atoms. The fourth-order valence-electron chi connectivity index (χ4n) is 3.79. The third-order valence-electron chi connectivity index (χ3n) is 5.86. The highest BCUT2D eigenvalue weighted by Crippen LogP contribution is 2.32. The normalized spacial score (nSPS) is 15.8. The van der Waals surface area contributed by atoms with Crippen LogP contribution in [0.2, 0.25) is 10.0 Å². The van der Waals surface area contributed by atoms with E-state index in [0.29, 0.717) is 16.3 Å². The molecule has 8 heteroatoms. The molecular formula is C25H27Cl2F3N2O. The van der Waals surface area contributed by atoms with Gasteiger partial charge in [0.05, 0.1) is 5.56 Å². The van der Waals surface area contributed by atoms with Crippen LogP contribution in [0.5, 0.6) is 0 Å². The number of nitrogens with zero attached hydrogens (tertiary/aromatic N) is 1. The number of benzene rings is 2. The summed E-state index contributed by atoms with van der Waals surface area (Å²) in [5, 5.41) is 3.22. The number of amides is 1. The number of carbonyl (C=O) groups excluding carboxylic acids is 1. The molecule has 1 saturated heterocycles. The van der Waals surface area contributed by atoms with E-state index in [4.69, 9.17) is 23.2 Å². The summed E-state index contributed by atoms with van der Waals surface area (Å²) in [6.45, 7) is 5.67. The minimum atomic E-state index is -4.47. The Balaban J connectivity index is 1.51. The van der Waals surface area contributed by atoms with Gasteiger partial charge in [-0.2, -0.15) is 13.2 Å². The molecule has 2 aromatic rings. The number of alkyl halides is 3. The van der Waals surface area contributed by atoms with Crippen molar-refractivity contribution in [2.75, 3.05) is 25.0 Å². The van der Waals surface area contributed by atoms with Crippen LogP contribution < -0.4 is 5.32 Å².